The van der Waals surface area contributed by atoms with Gasteiger partial charge >= 0.3 is 6.09 Å². The van der Waals surface area contributed by atoms with Crippen molar-refractivity contribution in [3.8, 4) is 0 Å². The van der Waals surface area contributed by atoms with Crippen LogP contribution in [0.5, 0.6) is 0 Å². The molecule has 2 aliphatic heterocycles. The first-order chi connectivity index (χ1) is 14.6. The molecule has 0 radical (unpaired) electrons. The third-order valence-electron chi connectivity index (χ3n) is 6.08. The summed E-state index contributed by atoms with van der Waals surface area (Å²) in [6, 6.07) is 3.90. The third kappa shape index (κ3) is 4.69. The Balaban J connectivity index is 1.34. The van der Waals surface area contributed by atoms with Crippen molar-refractivity contribution in [2.75, 3.05) is 26.2 Å². The van der Waals surface area contributed by atoms with Gasteiger partial charge in [-0.25, -0.2) is 22.5 Å². The van der Waals surface area contributed by atoms with E-state index in [4.69, 9.17) is 4.74 Å². The zero-order valence-corrected chi connectivity index (χ0v) is 19.2. The number of pyridine rings is 1. The molecule has 2 aliphatic rings. The van der Waals surface area contributed by atoms with Crippen molar-refractivity contribution in [1.29, 1.82) is 0 Å². The zero-order chi connectivity index (χ0) is 22.2. The number of amides is 1. The standard InChI is InChI=1S/C21H31N5O4S/c1-21(2,3)30-20(27)25-11-8-16(9-12-25)31(28,29)26-13-6-15(7-14-26)18-17-5-4-10-22-19(17)24-23-18/h4-5,10,15-16H,6-9,11-14H2,1-3H3,(H,22,23,24). The van der Waals surface area contributed by atoms with Crippen molar-refractivity contribution in [1.82, 2.24) is 24.4 Å². The molecule has 2 saturated heterocycles. The molecule has 1 amide bonds. The van der Waals surface area contributed by atoms with Crippen LogP contribution >= 0.6 is 0 Å². The quantitative estimate of drug-likeness (QED) is 0.772. The summed E-state index contributed by atoms with van der Waals surface area (Å²) in [5.41, 5.74) is 1.19. The van der Waals surface area contributed by atoms with Crippen molar-refractivity contribution in [2.24, 2.45) is 0 Å². The van der Waals surface area contributed by atoms with Crippen LogP contribution in [0, 0.1) is 0 Å². The summed E-state index contributed by atoms with van der Waals surface area (Å²) in [5, 5.41) is 7.98. The fourth-order valence-corrected chi connectivity index (χ4v) is 6.39. The minimum Gasteiger partial charge on any atom is -0.444 e. The van der Waals surface area contributed by atoms with E-state index in [0.717, 1.165) is 29.6 Å². The number of sulfonamides is 1. The van der Waals surface area contributed by atoms with Gasteiger partial charge in [0.25, 0.3) is 0 Å². The van der Waals surface area contributed by atoms with E-state index >= 15 is 0 Å². The van der Waals surface area contributed by atoms with Gasteiger partial charge in [-0.05, 0) is 58.6 Å². The fourth-order valence-electron chi connectivity index (χ4n) is 4.44. The monoisotopic (exact) mass is 449 g/mol. The smallest absolute Gasteiger partial charge is 0.410 e. The molecule has 0 atom stereocenters. The van der Waals surface area contributed by atoms with Crippen LogP contribution in [0.25, 0.3) is 11.0 Å². The lowest BCUT2D eigenvalue weighted by Crippen LogP contribution is -2.49. The van der Waals surface area contributed by atoms with E-state index in [-0.39, 0.29) is 12.0 Å². The second-order valence-electron chi connectivity index (χ2n) is 9.39. The van der Waals surface area contributed by atoms with Gasteiger partial charge in [0.15, 0.2) is 5.65 Å². The first-order valence-electron chi connectivity index (χ1n) is 10.9. The number of aromatic nitrogens is 3. The Morgan fingerprint density at radius 2 is 1.81 bits per heavy atom. The number of rotatable bonds is 3. The molecule has 2 aromatic rings. The van der Waals surface area contributed by atoms with Crippen LogP contribution in [-0.4, -0.2) is 75.9 Å². The Labute approximate surface area is 183 Å². The molecule has 0 saturated carbocycles. The number of piperidine rings is 2. The molecule has 0 aromatic carbocycles. The number of likely N-dealkylation sites (tertiary alicyclic amines) is 1. The molecular formula is C21H31N5O4S. The van der Waals surface area contributed by atoms with Gasteiger partial charge in [-0.15, -0.1) is 0 Å². The largest absolute Gasteiger partial charge is 0.444 e. The predicted molar refractivity (Wildman–Crippen MR) is 117 cm³/mol. The minimum atomic E-state index is -3.39. The van der Waals surface area contributed by atoms with Gasteiger partial charge in [0.1, 0.15) is 5.60 Å². The summed E-state index contributed by atoms with van der Waals surface area (Å²) in [6.45, 7) is 7.28. The van der Waals surface area contributed by atoms with Gasteiger partial charge in [0, 0.05) is 43.7 Å². The topological polar surface area (TPSA) is 108 Å². The van der Waals surface area contributed by atoms with Gasteiger partial charge < -0.3 is 9.64 Å². The van der Waals surface area contributed by atoms with Crippen molar-refractivity contribution < 1.29 is 17.9 Å². The summed E-state index contributed by atoms with van der Waals surface area (Å²) in [5.74, 6) is 0.221. The number of H-pyrrole nitrogens is 1. The fraction of sp³-hybridized carbons (Fsp3) is 0.667. The number of hydrogen-bond donors (Lipinski definition) is 1. The number of nitrogens with one attached hydrogen (secondary N) is 1. The summed E-state index contributed by atoms with van der Waals surface area (Å²) in [6.07, 6.45) is 3.72. The molecule has 2 aromatic heterocycles. The summed E-state index contributed by atoms with van der Waals surface area (Å²) in [4.78, 5) is 18.1. The number of ether oxygens (including phenoxy) is 1. The lowest BCUT2D eigenvalue weighted by atomic mass is 9.93. The van der Waals surface area contributed by atoms with Crippen molar-refractivity contribution in [3.05, 3.63) is 24.0 Å². The average Bonchev–Trinajstić information content (AvgIpc) is 3.17. The SMILES string of the molecule is CC(C)(C)OC(=O)N1CCC(S(=O)(=O)N2CCC(c3n[nH]c4ncccc34)CC2)CC1. The molecule has 2 fully saturated rings. The maximum Gasteiger partial charge on any atom is 0.410 e. The first kappa shape index (κ1) is 22.0. The zero-order valence-electron chi connectivity index (χ0n) is 18.4. The molecule has 0 aliphatic carbocycles. The second-order valence-corrected chi connectivity index (χ2v) is 11.6. The Kier molecular flexibility index (Phi) is 5.95. The highest BCUT2D eigenvalue weighted by atomic mass is 32.2. The Hall–Kier alpha value is -2.20. The van der Waals surface area contributed by atoms with Crippen LogP contribution in [0.1, 0.15) is 58.1 Å². The summed E-state index contributed by atoms with van der Waals surface area (Å²) in [7, 11) is -3.39. The highest BCUT2D eigenvalue weighted by Crippen LogP contribution is 2.33. The predicted octanol–water partition coefficient (Wildman–Crippen LogP) is 2.87. The van der Waals surface area contributed by atoms with Gasteiger partial charge in [-0.3, -0.25) is 5.10 Å². The molecule has 4 heterocycles. The van der Waals surface area contributed by atoms with Crippen LogP contribution in [0.4, 0.5) is 4.79 Å². The highest BCUT2D eigenvalue weighted by Gasteiger charge is 2.38. The van der Waals surface area contributed by atoms with E-state index in [2.05, 4.69) is 15.2 Å². The van der Waals surface area contributed by atoms with E-state index in [1.54, 1.807) is 15.4 Å². The molecule has 9 nitrogen and oxygen atoms in total. The van der Waals surface area contributed by atoms with Crippen LogP contribution < -0.4 is 0 Å². The molecule has 0 spiro atoms. The van der Waals surface area contributed by atoms with Gasteiger partial charge in [-0.1, -0.05) is 0 Å². The molecule has 4 rings (SSSR count). The molecule has 31 heavy (non-hydrogen) atoms. The molecular weight excluding hydrogens is 418 g/mol. The third-order valence-corrected chi connectivity index (χ3v) is 8.48. The van der Waals surface area contributed by atoms with Crippen molar-refractivity contribution in [2.45, 2.75) is 63.2 Å². The Bertz CT molecular complexity index is 1030. The number of carbonyl (C=O) groups excluding carboxylic acids is 1. The summed E-state index contributed by atoms with van der Waals surface area (Å²) < 4.78 is 33.5. The number of nitrogens with zero attached hydrogens (tertiary/aromatic N) is 4. The second kappa shape index (κ2) is 8.38. The molecule has 0 unspecified atom stereocenters. The van der Waals surface area contributed by atoms with E-state index in [9.17, 15) is 13.2 Å². The highest BCUT2D eigenvalue weighted by molar-refractivity contribution is 7.89. The van der Waals surface area contributed by atoms with Gasteiger partial charge in [0.2, 0.25) is 10.0 Å². The normalized spacial score (nSPS) is 20.3. The average molecular weight is 450 g/mol. The lowest BCUT2D eigenvalue weighted by molar-refractivity contribution is 0.0216. The number of hydrogen-bond acceptors (Lipinski definition) is 6. The van der Waals surface area contributed by atoms with Crippen LogP contribution in [0.15, 0.2) is 18.3 Å². The van der Waals surface area contributed by atoms with Crippen molar-refractivity contribution in [3.63, 3.8) is 0 Å². The minimum absolute atomic E-state index is 0.221. The maximum absolute atomic E-state index is 13.2. The number of aromatic amines is 1. The van der Waals surface area contributed by atoms with E-state index < -0.39 is 20.9 Å². The molecule has 170 valence electrons. The molecule has 1 N–H and O–H groups in total. The van der Waals surface area contributed by atoms with Crippen LogP contribution in [0.3, 0.4) is 0 Å². The number of carbonyl (C=O) groups is 1. The first-order valence-corrected chi connectivity index (χ1v) is 12.4. The van der Waals surface area contributed by atoms with Crippen molar-refractivity contribution >= 4 is 27.1 Å². The van der Waals surface area contributed by atoms with E-state index in [1.807, 2.05) is 32.9 Å². The van der Waals surface area contributed by atoms with Crippen LogP contribution in [-0.2, 0) is 14.8 Å². The lowest BCUT2D eigenvalue weighted by Gasteiger charge is -2.37. The molecule has 0 bridgehead atoms. The Morgan fingerprint density at radius 1 is 1.13 bits per heavy atom. The maximum atomic E-state index is 13.2. The van der Waals surface area contributed by atoms with E-state index in [0.29, 0.717) is 39.0 Å². The number of fused-ring (bicyclic) bond motifs is 1. The van der Waals surface area contributed by atoms with E-state index in [1.165, 1.54) is 0 Å². The van der Waals surface area contributed by atoms with Gasteiger partial charge in [0.05, 0.1) is 10.9 Å². The Morgan fingerprint density at radius 3 is 2.45 bits per heavy atom. The van der Waals surface area contributed by atoms with Crippen LogP contribution in [0.2, 0.25) is 0 Å². The summed E-state index contributed by atoms with van der Waals surface area (Å²) >= 11 is 0. The van der Waals surface area contributed by atoms with Gasteiger partial charge in [-0.2, -0.15) is 5.10 Å². The molecule has 10 heteroatoms.